The Morgan fingerprint density at radius 3 is 2.80 bits per heavy atom. The Balaban J connectivity index is 1.77. The first-order valence-electron chi connectivity index (χ1n) is 7.58. The number of anilines is 5. The molecule has 3 aromatic rings. The molecule has 2 heterocycles. The summed E-state index contributed by atoms with van der Waals surface area (Å²) < 4.78 is 0. The van der Waals surface area contributed by atoms with Crippen LogP contribution in [0.3, 0.4) is 0 Å². The molecule has 3 N–H and O–H groups in total. The Hall–Kier alpha value is -2.64. The van der Waals surface area contributed by atoms with Crippen molar-refractivity contribution >= 4 is 51.2 Å². The molecule has 0 bridgehead atoms. The molecule has 25 heavy (non-hydrogen) atoms. The molecule has 0 radical (unpaired) electrons. The average molecular weight is 373 g/mol. The Morgan fingerprint density at radius 2 is 2.04 bits per heavy atom. The highest BCUT2D eigenvalue weighted by molar-refractivity contribution is 7.15. The second kappa shape index (κ2) is 7.96. The van der Waals surface area contributed by atoms with E-state index in [2.05, 4.69) is 37.5 Å². The molecular formula is C17H17ClN6S. The fourth-order valence-corrected chi connectivity index (χ4v) is 2.85. The molecular weight excluding hydrogens is 356 g/mol. The quantitative estimate of drug-likeness (QED) is 0.508. The normalized spacial score (nSPS) is 10.3. The molecule has 0 fully saturated rings. The van der Waals surface area contributed by atoms with Crippen molar-refractivity contribution in [2.75, 3.05) is 22.5 Å². The number of rotatable bonds is 7. The number of halogens is 1. The summed E-state index contributed by atoms with van der Waals surface area (Å²) in [6.45, 7) is 6.38. The second-order valence-electron chi connectivity index (χ2n) is 5.17. The predicted molar refractivity (Wildman–Crippen MR) is 106 cm³/mol. The molecule has 0 unspecified atom stereocenters. The minimum Gasteiger partial charge on any atom is -0.382 e. The van der Waals surface area contributed by atoms with Gasteiger partial charge in [-0.2, -0.15) is 4.98 Å². The van der Waals surface area contributed by atoms with Gasteiger partial charge in [-0.05, 0) is 25.1 Å². The van der Waals surface area contributed by atoms with Gasteiger partial charge < -0.3 is 10.6 Å². The molecule has 3 rings (SSSR count). The number of aromatic nitrogens is 3. The number of aryl methyl sites for hydroxylation is 1. The van der Waals surface area contributed by atoms with E-state index in [9.17, 15) is 0 Å². The third kappa shape index (κ3) is 4.68. The standard InChI is InChI=1S/C17H17ClN6S/c1-3-7-19-12-5-4-6-13(8-12)22-15-14(18)10-20-16(23-15)24-17-21-9-11(2)25-17/h3-6,8-10,19H,1,7H2,2H3,(H2,20,21,22,23,24). The van der Waals surface area contributed by atoms with Gasteiger partial charge in [-0.3, -0.25) is 5.32 Å². The van der Waals surface area contributed by atoms with Gasteiger partial charge in [0.05, 0.1) is 6.20 Å². The van der Waals surface area contributed by atoms with E-state index in [-0.39, 0.29) is 0 Å². The van der Waals surface area contributed by atoms with Gasteiger partial charge in [-0.1, -0.05) is 23.7 Å². The first-order chi connectivity index (χ1) is 12.1. The van der Waals surface area contributed by atoms with Crippen molar-refractivity contribution in [2.45, 2.75) is 6.92 Å². The van der Waals surface area contributed by atoms with Gasteiger partial charge in [-0.25, -0.2) is 9.97 Å². The lowest BCUT2D eigenvalue weighted by molar-refractivity contribution is 1.16. The summed E-state index contributed by atoms with van der Waals surface area (Å²) in [5.74, 6) is 0.954. The van der Waals surface area contributed by atoms with Gasteiger partial charge in [0.2, 0.25) is 5.95 Å². The van der Waals surface area contributed by atoms with Gasteiger partial charge in [0.15, 0.2) is 10.9 Å². The van der Waals surface area contributed by atoms with E-state index in [1.807, 2.05) is 31.2 Å². The summed E-state index contributed by atoms with van der Waals surface area (Å²) in [6.07, 6.45) is 5.16. The van der Waals surface area contributed by atoms with Crippen molar-refractivity contribution in [1.82, 2.24) is 15.0 Å². The van der Waals surface area contributed by atoms with E-state index in [1.165, 1.54) is 11.3 Å². The smallest absolute Gasteiger partial charge is 0.231 e. The van der Waals surface area contributed by atoms with Gasteiger partial charge in [0, 0.05) is 29.0 Å². The molecule has 0 aliphatic carbocycles. The summed E-state index contributed by atoms with van der Waals surface area (Å²) >= 11 is 7.75. The number of thiazole rings is 1. The number of benzene rings is 1. The monoisotopic (exact) mass is 372 g/mol. The number of hydrogen-bond donors (Lipinski definition) is 3. The van der Waals surface area contributed by atoms with E-state index in [1.54, 1.807) is 18.5 Å². The van der Waals surface area contributed by atoms with Crippen LogP contribution in [0.25, 0.3) is 0 Å². The molecule has 0 spiro atoms. The van der Waals surface area contributed by atoms with Crippen LogP contribution >= 0.6 is 22.9 Å². The molecule has 2 aromatic heterocycles. The van der Waals surface area contributed by atoms with Crippen molar-refractivity contribution in [3.63, 3.8) is 0 Å². The van der Waals surface area contributed by atoms with E-state index in [0.717, 1.165) is 21.4 Å². The average Bonchev–Trinajstić information content (AvgIpc) is 3.01. The van der Waals surface area contributed by atoms with Crippen LogP contribution in [-0.4, -0.2) is 21.5 Å². The molecule has 128 valence electrons. The van der Waals surface area contributed by atoms with Crippen LogP contribution < -0.4 is 16.0 Å². The third-order valence-electron chi connectivity index (χ3n) is 3.16. The maximum atomic E-state index is 6.22. The van der Waals surface area contributed by atoms with Crippen LogP contribution in [0.15, 0.2) is 49.3 Å². The minimum atomic E-state index is 0.433. The van der Waals surface area contributed by atoms with Crippen LogP contribution in [0.5, 0.6) is 0 Å². The third-order valence-corrected chi connectivity index (χ3v) is 4.26. The molecule has 6 nitrogen and oxygen atoms in total. The summed E-state index contributed by atoms with van der Waals surface area (Å²) in [7, 11) is 0. The minimum absolute atomic E-state index is 0.433. The highest BCUT2D eigenvalue weighted by Crippen LogP contribution is 2.27. The van der Waals surface area contributed by atoms with Crippen LogP contribution in [0.4, 0.5) is 28.3 Å². The molecule has 0 amide bonds. The van der Waals surface area contributed by atoms with Crippen molar-refractivity contribution < 1.29 is 0 Å². The Labute approximate surface area is 155 Å². The zero-order chi connectivity index (χ0) is 17.6. The predicted octanol–water partition coefficient (Wildman–Crippen LogP) is 4.98. The van der Waals surface area contributed by atoms with Gasteiger partial charge in [0.1, 0.15) is 5.02 Å². The number of hydrogen-bond acceptors (Lipinski definition) is 7. The van der Waals surface area contributed by atoms with Gasteiger partial charge >= 0.3 is 0 Å². The molecule has 0 atom stereocenters. The lowest BCUT2D eigenvalue weighted by Gasteiger charge is -2.11. The number of nitrogens with zero attached hydrogens (tertiary/aromatic N) is 3. The maximum Gasteiger partial charge on any atom is 0.231 e. The van der Waals surface area contributed by atoms with Crippen molar-refractivity contribution in [3.8, 4) is 0 Å². The highest BCUT2D eigenvalue weighted by atomic mass is 35.5. The largest absolute Gasteiger partial charge is 0.382 e. The van der Waals surface area contributed by atoms with E-state index in [4.69, 9.17) is 11.6 Å². The Morgan fingerprint density at radius 1 is 1.20 bits per heavy atom. The fraction of sp³-hybridized carbons (Fsp3) is 0.118. The molecule has 0 saturated heterocycles. The SMILES string of the molecule is C=CCNc1cccc(Nc2nc(Nc3ncc(C)s3)ncc2Cl)c1. The lowest BCUT2D eigenvalue weighted by atomic mass is 10.2. The second-order valence-corrected chi connectivity index (χ2v) is 6.81. The van der Waals surface area contributed by atoms with E-state index in [0.29, 0.717) is 23.3 Å². The summed E-state index contributed by atoms with van der Waals surface area (Å²) in [6, 6.07) is 7.84. The highest BCUT2D eigenvalue weighted by Gasteiger charge is 2.08. The Kier molecular flexibility index (Phi) is 5.47. The summed E-state index contributed by atoms with van der Waals surface area (Å²) in [5, 5.41) is 10.7. The molecule has 0 saturated carbocycles. The molecule has 1 aromatic carbocycles. The molecule has 0 aliphatic rings. The van der Waals surface area contributed by atoms with Gasteiger partial charge in [0.25, 0.3) is 0 Å². The van der Waals surface area contributed by atoms with Crippen LogP contribution in [-0.2, 0) is 0 Å². The van der Waals surface area contributed by atoms with Crippen molar-refractivity contribution in [2.24, 2.45) is 0 Å². The lowest BCUT2D eigenvalue weighted by Crippen LogP contribution is -2.02. The first kappa shape index (κ1) is 17.2. The summed E-state index contributed by atoms with van der Waals surface area (Å²) in [4.78, 5) is 14.0. The Bertz CT molecular complexity index is 879. The fourth-order valence-electron chi connectivity index (χ4n) is 2.06. The topological polar surface area (TPSA) is 74.8 Å². The van der Waals surface area contributed by atoms with Crippen molar-refractivity contribution in [1.29, 1.82) is 0 Å². The first-order valence-corrected chi connectivity index (χ1v) is 8.77. The zero-order valence-corrected chi connectivity index (χ0v) is 15.2. The molecule has 0 aliphatic heterocycles. The van der Waals surface area contributed by atoms with Crippen LogP contribution in [0.2, 0.25) is 5.02 Å². The maximum absolute atomic E-state index is 6.22. The molecule has 8 heteroatoms. The van der Waals surface area contributed by atoms with Crippen LogP contribution in [0.1, 0.15) is 4.88 Å². The number of nitrogens with one attached hydrogen (secondary N) is 3. The van der Waals surface area contributed by atoms with Gasteiger partial charge in [-0.15, -0.1) is 17.9 Å². The zero-order valence-electron chi connectivity index (χ0n) is 13.6. The van der Waals surface area contributed by atoms with Crippen molar-refractivity contribution in [3.05, 3.63) is 59.2 Å². The van der Waals surface area contributed by atoms with E-state index < -0.39 is 0 Å². The van der Waals surface area contributed by atoms with Crippen LogP contribution in [0, 0.1) is 6.92 Å². The van der Waals surface area contributed by atoms with E-state index >= 15 is 0 Å². The summed E-state index contributed by atoms with van der Waals surface area (Å²) in [5.41, 5.74) is 1.84.